The molecule has 0 spiro atoms. The molecule has 0 aliphatic heterocycles. The molecule has 0 aromatic rings. The molecule has 2 nitrogen and oxygen atoms in total. The molecule has 102 valence electrons. The van der Waals surface area contributed by atoms with Crippen LogP contribution in [-0.2, 0) is 4.79 Å². The smallest absolute Gasteiger partial charge is 0.229 e. The van der Waals surface area contributed by atoms with E-state index in [9.17, 15) is 4.79 Å². The van der Waals surface area contributed by atoms with Gasteiger partial charge in [0.15, 0.2) is 0 Å². The van der Waals surface area contributed by atoms with E-state index in [1.807, 2.05) is 0 Å². The summed E-state index contributed by atoms with van der Waals surface area (Å²) in [4.78, 5) is 11.0. The van der Waals surface area contributed by atoms with Crippen LogP contribution in [0.4, 0.5) is 0 Å². The number of halogens is 1. The zero-order valence-electron chi connectivity index (χ0n) is 11.3. The Morgan fingerprint density at radius 3 is 1.82 bits per heavy atom. The molecule has 0 saturated carbocycles. The summed E-state index contributed by atoms with van der Waals surface area (Å²) in [5.41, 5.74) is 0. The van der Waals surface area contributed by atoms with Crippen molar-refractivity contribution in [3.63, 3.8) is 0 Å². The molecule has 0 aliphatic carbocycles. The lowest BCUT2D eigenvalue weighted by Gasteiger charge is -2.03. The fraction of sp³-hybridized carbons (Fsp3) is 0.929. The van der Waals surface area contributed by atoms with Gasteiger partial charge in [-0.3, -0.25) is 4.79 Å². The monoisotopic (exact) mass is 353 g/mol. The highest BCUT2D eigenvalue weighted by Crippen LogP contribution is 2.10. The lowest BCUT2D eigenvalue weighted by molar-refractivity contribution is -0.118. The molecule has 0 saturated heterocycles. The Labute approximate surface area is 120 Å². The third-order valence-electron chi connectivity index (χ3n) is 2.97. The van der Waals surface area contributed by atoms with Crippen LogP contribution in [-0.4, -0.2) is 16.9 Å². The average Bonchev–Trinajstić information content (AvgIpc) is 2.35. The van der Waals surface area contributed by atoms with Crippen molar-refractivity contribution in [2.24, 2.45) is 0 Å². The molecule has 0 radical (unpaired) electrons. The number of hydrogen-bond donors (Lipinski definition) is 1. The van der Waals surface area contributed by atoms with Crippen molar-refractivity contribution < 1.29 is 4.79 Å². The largest absolute Gasteiger partial charge is 0.355 e. The van der Waals surface area contributed by atoms with E-state index in [2.05, 4.69) is 34.8 Å². The molecule has 0 rings (SSSR count). The zero-order valence-corrected chi connectivity index (χ0v) is 13.4. The minimum absolute atomic E-state index is 0.168. The van der Waals surface area contributed by atoms with Crippen molar-refractivity contribution in [3.05, 3.63) is 0 Å². The number of hydrogen-bond acceptors (Lipinski definition) is 1. The number of rotatable bonds is 12. The van der Waals surface area contributed by atoms with Crippen LogP contribution in [0.3, 0.4) is 0 Å². The van der Waals surface area contributed by atoms with Crippen molar-refractivity contribution in [1.82, 2.24) is 5.32 Å². The Morgan fingerprint density at radius 2 is 1.35 bits per heavy atom. The van der Waals surface area contributed by atoms with Crippen LogP contribution in [0.2, 0.25) is 0 Å². The molecule has 0 unspecified atom stereocenters. The van der Waals surface area contributed by atoms with Crippen LogP contribution in [0.15, 0.2) is 0 Å². The van der Waals surface area contributed by atoms with Gasteiger partial charge in [-0.05, 0) is 6.42 Å². The van der Waals surface area contributed by atoms with Crippen LogP contribution < -0.4 is 5.32 Å². The van der Waals surface area contributed by atoms with Gasteiger partial charge in [-0.25, -0.2) is 0 Å². The van der Waals surface area contributed by atoms with Crippen LogP contribution in [0.5, 0.6) is 0 Å². The lowest BCUT2D eigenvalue weighted by atomic mass is 10.1. The van der Waals surface area contributed by atoms with Crippen molar-refractivity contribution in [1.29, 1.82) is 0 Å². The van der Waals surface area contributed by atoms with Crippen molar-refractivity contribution >= 4 is 28.5 Å². The normalized spacial score (nSPS) is 10.5. The van der Waals surface area contributed by atoms with E-state index in [1.54, 1.807) is 0 Å². The van der Waals surface area contributed by atoms with Gasteiger partial charge in [0.1, 0.15) is 0 Å². The minimum atomic E-state index is 0.168. The first kappa shape index (κ1) is 17.2. The molecule has 17 heavy (non-hydrogen) atoms. The second-order valence-corrected chi connectivity index (χ2v) is 5.43. The highest BCUT2D eigenvalue weighted by atomic mass is 127. The summed E-state index contributed by atoms with van der Waals surface area (Å²) in [5.74, 6) is 0.168. The number of nitrogens with one attached hydrogen (secondary N) is 1. The number of alkyl halides is 1. The molecule has 1 amide bonds. The van der Waals surface area contributed by atoms with E-state index >= 15 is 0 Å². The molecular weight excluding hydrogens is 325 g/mol. The Balaban J connectivity index is 2.96. The van der Waals surface area contributed by atoms with Crippen LogP contribution in [0, 0.1) is 0 Å². The quantitative estimate of drug-likeness (QED) is 0.313. The van der Waals surface area contributed by atoms with Crippen LogP contribution in [0.25, 0.3) is 0 Å². The first-order valence-corrected chi connectivity index (χ1v) is 8.66. The number of unbranched alkanes of at least 4 members (excludes halogenated alkanes) is 9. The summed E-state index contributed by atoms with van der Waals surface area (Å²) >= 11 is 2.09. The van der Waals surface area contributed by atoms with Gasteiger partial charge in [-0.1, -0.05) is 87.3 Å². The Kier molecular flexibility index (Phi) is 14.4. The Morgan fingerprint density at radius 1 is 0.882 bits per heavy atom. The first-order chi connectivity index (χ1) is 8.31. The zero-order chi connectivity index (χ0) is 12.8. The summed E-state index contributed by atoms with van der Waals surface area (Å²) in [6.45, 7) is 3.12. The summed E-state index contributed by atoms with van der Waals surface area (Å²) in [5, 5.41) is 2.91. The fourth-order valence-corrected chi connectivity index (χ4v) is 2.16. The maximum atomic E-state index is 11.0. The molecule has 0 heterocycles. The SMILES string of the molecule is CCCCCCCCCCCCNC(=O)CI. The Hall–Kier alpha value is 0.200. The molecule has 0 aromatic heterocycles. The Bertz CT molecular complexity index is 174. The van der Waals surface area contributed by atoms with Crippen molar-refractivity contribution in [2.75, 3.05) is 11.0 Å². The molecule has 0 atom stereocenters. The number of carbonyl (C=O) groups excluding carboxylic acids is 1. The van der Waals surface area contributed by atoms with Gasteiger partial charge in [0.05, 0.1) is 4.43 Å². The number of carbonyl (C=O) groups is 1. The molecule has 0 bridgehead atoms. The maximum absolute atomic E-state index is 11.0. The van der Waals surface area contributed by atoms with E-state index in [0.717, 1.165) is 13.0 Å². The van der Waals surface area contributed by atoms with Crippen molar-refractivity contribution in [3.8, 4) is 0 Å². The van der Waals surface area contributed by atoms with Gasteiger partial charge in [0.25, 0.3) is 0 Å². The predicted molar refractivity (Wildman–Crippen MR) is 83.7 cm³/mol. The standard InChI is InChI=1S/C14H28INO/c1-2-3-4-5-6-7-8-9-10-11-12-16-14(17)13-15/h2-13H2,1H3,(H,16,17). The van der Waals surface area contributed by atoms with Crippen molar-refractivity contribution in [2.45, 2.75) is 71.1 Å². The molecule has 0 aliphatic rings. The summed E-state index contributed by atoms with van der Waals surface area (Å²) < 4.78 is 0.579. The first-order valence-electron chi connectivity index (χ1n) is 7.14. The molecule has 0 aromatic carbocycles. The van der Waals surface area contributed by atoms with E-state index in [4.69, 9.17) is 0 Å². The second-order valence-electron chi connectivity index (χ2n) is 4.67. The predicted octanol–water partition coefficient (Wildman–Crippen LogP) is 4.46. The van der Waals surface area contributed by atoms with Gasteiger partial charge in [0.2, 0.25) is 5.91 Å². The summed E-state index contributed by atoms with van der Waals surface area (Å²) in [7, 11) is 0. The number of amides is 1. The van der Waals surface area contributed by atoms with Gasteiger partial charge in [-0.15, -0.1) is 0 Å². The fourth-order valence-electron chi connectivity index (χ4n) is 1.89. The molecule has 3 heteroatoms. The third-order valence-corrected chi connectivity index (χ3v) is 3.67. The van der Waals surface area contributed by atoms with Gasteiger partial charge >= 0.3 is 0 Å². The van der Waals surface area contributed by atoms with E-state index < -0.39 is 0 Å². The molecule has 1 N–H and O–H groups in total. The molecular formula is C14H28INO. The van der Waals surface area contributed by atoms with Gasteiger partial charge in [-0.2, -0.15) is 0 Å². The summed E-state index contributed by atoms with van der Waals surface area (Å²) in [6.07, 6.45) is 13.5. The van der Waals surface area contributed by atoms with Crippen LogP contribution in [0.1, 0.15) is 71.1 Å². The summed E-state index contributed by atoms with van der Waals surface area (Å²) in [6, 6.07) is 0. The topological polar surface area (TPSA) is 29.1 Å². The molecule has 0 fully saturated rings. The average molecular weight is 353 g/mol. The van der Waals surface area contributed by atoms with Crippen LogP contribution >= 0.6 is 22.6 Å². The minimum Gasteiger partial charge on any atom is -0.355 e. The maximum Gasteiger partial charge on any atom is 0.229 e. The van der Waals surface area contributed by atoms with E-state index in [-0.39, 0.29) is 5.91 Å². The van der Waals surface area contributed by atoms with Gasteiger partial charge in [0, 0.05) is 6.54 Å². The van der Waals surface area contributed by atoms with E-state index in [0.29, 0.717) is 4.43 Å². The third kappa shape index (κ3) is 14.1. The highest BCUT2D eigenvalue weighted by molar-refractivity contribution is 14.1. The second kappa shape index (κ2) is 14.3. The highest BCUT2D eigenvalue weighted by Gasteiger charge is 1.96. The van der Waals surface area contributed by atoms with E-state index in [1.165, 1.54) is 57.8 Å². The lowest BCUT2D eigenvalue weighted by Crippen LogP contribution is -2.25. The van der Waals surface area contributed by atoms with Gasteiger partial charge < -0.3 is 5.32 Å².